The number of ether oxygens (including phenoxy) is 2. The summed E-state index contributed by atoms with van der Waals surface area (Å²) in [5, 5.41) is 9.48. The van der Waals surface area contributed by atoms with Crippen LogP contribution in [0.3, 0.4) is 0 Å². The third-order valence-electron chi connectivity index (χ3n) is 1.45. The van der Waals surface area contributed by atoms with Crippen LogP contribution < -0.4 is 0 Å². The maximum Gasteiger partial charge on any atom is 0.339 e. The standard InChI is InChI=1S/C7H11ClO5/c1-12-5(9)3-7(11,4-8)6(10)13-2/h11H,3-4H2,1-2H3. The highest BCUT2D eigenvalue weighted by atomic mass is 35.5. The molecule has 0 amide bonds. The first kappa shape index (κ1) is 12.2. The lowest BCUT2D eigenvalue weighted by Gasteiger charge is -2.20. The predicted molar refractivity (Wildman–Crippen MR) is 44.3 cm³/mol. The molecule has 0 saturated heterocycles. The number of methoxy groups -OCH3 is 2. The summed E-state index contributed by atoms with van der Waals surface area (Å²) in [5.74, 6) is -2.10. The minimum absolute atomic E-state index is 0.422. The van der Waals surface area contributed by atoms with Crippen LogP contribution in [0.15, 0.2) is 0 Å². The first-order chi connectivity index (χ1) is 6.00. The van der Waals surface area contributed by atoms with Crippen molar-refractivity contribution in [2.45, 2.75) is 12.0 Å². The van der Waals surface area contributed by atoms with Crippen LogP contribution in [0.5, 0.6) is 0 Å². The highest BCUT2D eigenvalue weighted by molar-refractivity contribution is 6.20. The van der Waals surface area contributed by atoms with E-state index in [1.54, 1.807) is 0 Å². The van der Waals surface area contributed by atoms with Crippen LogP contribution in [0.25, 0.3) is 0 Å². The molecule has 6 heteroatoms. The van der Waals surface area contributed by atoms with E-state index in [1.807, 2.05) is 0 Å². The molecule has 0 rings (SSSR count). The second kappa shape index (κ2) is 5.04. The molecule has 1 atom stereocenters. The van der Waals surface area contributed by atoms with E-state index in [-0.39, 0.29) is 0 Å². The predicted octanol–water partition coefficient (Wildman–Crippen LogP) is -0.308. The molecule has 0 saturated carbocycles. The van der Waals surface area contributed by atoms with Crippen molar-refractivity contribution in [1.82, 2.24) is 0 Å². The molecule has 0 aromatic carbocycles. The van der Waals surface area contributed by atoms with Crippen molar-refractivity contribution in [2.24, 2.45) is 0 Å². The number of aliphatic hydroxyl groups is 1. The van der Waals surface area contributed by atoms with Crippen LogP contribution in [0.4, 0.5) is 0 Å². The zero-order valence-corrected chi connectivity index (χ0v) is 8.13. The second-order valence-electron chi connectivity index (χ2n) is 2.41. The van der Waals surface area contributed by atoms with Gasteiger partial charge in [-0.1, -0.05) is 0 Å². The summed E-state index contributed by atoms with van der Waals surface area (Å²) in [6, 6.07) is 0. The Balaban J connectivity index is 4.45. The van der Waals surface area contributed by atoms with Crippen LogP contribution in [0.2, 0.25) is 0 Å². The molecule has 0 spiro atoms. The minimum atomic E-state index is -2.00. The minimum Gasteiger partial charge on any atom is -0.469 e. The number of hydrogen-bond donors (Lipinski definition) is 1. The molecule has 0 aromatic rings. The Morgan fingerprint density at radius 1 is 1.38 bits per heavy atom. The molecule has 0 aliphatic carbocycles. The molecule has 0 heterocycles. The van der Waals surface area contributed by atoms with Gasteiger partial charge >= 0.3 is 11.9 Å². The number of carbonyl (C=O) groups excluding carboxylic acids is 2. The molecule has 0 aliphatic heterocycles. The van der Waals surface area contributed by atoms with E-state index in [9.17, 15) is 14.7 Å². The molecule has 1 unspecified atom stereocenters. The van der Waals surface area contributed by atoms with Gasteiger partial charge in [0, 0.05) is 0 Å². The average Bonchev–Trinajstić information content (AvgIpc) is 2.15. The van der Waals surface area contributed by atoms with Crippen molar-refractivity contribution >= 4 is 23.5 Å². The molecule has 13 heavy (non-hydrogen) atoms. The molecule has 0 aliphatic rings. The van der Waals surface area contributed by atoms with Gasteiger partial charge < -0.3 is 14.6 Å². The van der Waals surface area contributed by atoms with Crippen LogP contribution in [-0.2, 0) is 19.1 Å². The fraction of sp³-hybridized carbons (Fsp3) is 0.714. The fourth-order valence-electron chi connectivity index (χ4n) is 0.675. The molecule has 0 fully saturated rings. The molecule has 0 aromatic heterocycles. The fourth-order valence-corrected chi connectivity index (χ4v) is 0.878. The van der Waals surface area contributed by atoms with Gasteiger partial charge in [0.15, 0.2) is 5.60 Å². The number of carbonyl (C=O) groups is 2. The van der Waals surface area contributed by atoms with Crippen molar-refractivity contribution in [2.75, 3.05) is 20.1 Å². The maximum absolute atomic E-state index is 11.0. The van der Waals surface area contributed by atoms with E-state index in [0.29, 0.717) is 0 Å². The van der Waals surface area contributed by atoms with E-state index in [1.165, 1.54) is 0 Å². The van der Waals surface area contributed by atoms with Gasteiger partial charge in [-0.15, -0.1) is 11.6 Å². The maximum atomic E-state index is 11.0. The Hall–Kier alpha value is -0.810. The van der Waals surface area contributed by atoms with Crippen LogP contribution in [0, 0.1) is 0 Å². The second-order valence-corrected chi connectivity index (χ2v) is 2.68. The summed E-state index contributed by atoms with van der Waals surface area (Å²) in [6.07, 6.45) is -0.514. The van der Waals surface area contributed by atoms with E-state index in [4.69, 9.17) is 11.6 Å². The molecular formula is C7H11ClO5. The van der Waals surface area contributed by atoms with Crippen molar-refractivity contribution in [1.29, 1.82) is 0 Å². The Morgan fingerprint density at radius 2 is 1.92 bits per heavy atom. The highest BCUT2D eigenvalue weighted by Crippen LogP contribution is 2.15. The van der Waals surface area contributed by atoms with Gasteiger partial charge in [-0.2, -0.15) is 0 Å². The summed E-state index contributed by atoms with van der Waals surface area (Å²) >= 11 is 5.32. The van der Waals surface area contributed by atoms with Gasteiger partial charge in [0.1, 0.15) is 0 Å². The van der Waals surface area contributed by atoms with Crippen molar-refractivity contribution in [3.63, 3.8) is 0 Å². The number of rotatable bonds is 4. The van der Waals surface area contributed by atoms with Gasteiger partial charge in [0.25, 0.3) is 0 Å². The first-order valence-corrected chi connectivity index (χ1v) is 3.97. The number of halogens is 1. The SMILES string of the molecule is COC(=O)CC(O)(CCl)C(=O)OC. The summed E-state index contributed by atoms with van der Waals surface area (Å²) in [5.41, 5.74) is -2.00. The topological polar surface area (TPSA) is 72.8 Å². The molecule has 0 bridgehead atoms. The van der Waals surface area contributed by atoms with Gasteiger partial charge in [-0.25, -0.2) is 4.79 Å². The smallest absolute Gasteiger partial charge is 0.339 e. The monoisotopic (exact) mass is 210 g/mol. The van der Waals surface area contributed by atoms with Gasteiger partial charge in [0.05, 0.1) is 26.5 Å². The van der Waals surface area contributed by atoms with Crippen molar-refractivity contribution < 1.29 is 24.2 Å². The largest absolute Gasteiger partial charge is 0.469 e. The molecule has 0 radical (unpaired) electrons. The third kappa shape index (κ3) is 3.20. The molecule has 5 nitrogen and oxygen atoms in total. The van der Waals surface area contributed by atoms with Gasteiger partial charge in [-0.05, 0) is 0 Å². The summed E-state index contributed by atoms with van der Waals surface area (Å²) < 4.78 is 8.55. The Kier molecular flexibility index (Phi) is 4.72. The van der Waals surface area contributed by atoms with Crippen LogP contribution >= 0.6 is 11.6 Å². The summed E-state index contributed by atoms with van der Waals surface area (Å²) in [7, 11) is 2.24. The van der Waals surface area contributed by atoms with Crippen molar-refractivity contribution in [3.05, 3.63) is 0 Å². The number of esters is 2. The summed E-state index contributed by atoms with van der Waals surface area (Å²) in [4.78, 5) is 21.7. The molecule has 1 N–H and O–H groups in total. The van der Waals surface area contributed by atoms with E-state index in [2.05, 4.69) is 9.47 Å². The lowest BCUT2D eigenvalue weighted by molar-refractivity contribution is -0.166. The zero-order chi connectivity index (χ0) is 10.5. The van der Waals surface area contributed by atoms with Gasteiger partial charge in [-0.3, -0.25) is 4.79 Å². The normalized spacial score (nSPS) is 14.5. The lowest BCUT2D eigenvalue weighted by Crippen LogP contribution is -2.43. The molecule has 76 valence electrons. The third-order valence-corrected chi connectivity index (χ3v) is 1.89. The average molecular weight is 211 g/mol. The van der Waals surface area contributed by atoms with E-state index >= 15 is 0 Å². The Bertz CT molecular complexity index is 205. The number of hydrogen-bond acceptors (Lipinski definition) is 5. The van der Waals surface area contributed by atoms with E-state index in [0.717, 1.165) is 14.2 Å². The van der Waals surface area contributed by atoms with Crippen molar-refractivity contribution in [3.8, 4) is 0 Å². The number of alkyl halides is 1. The van der Waals surface area contributed by atoms with Crippen LogP contribution in [-0.4, -0.2) is 42.7 Å². The Morgan fingerprint density at radius 3 is 2.23 bits per heavy atom. The zero-order valence-electron chi connectivity index (χ0n) is 7.37. The quantitative estimate of drug-likeness (QED) is 0.509. The first-order valence-electron chi connectivity index (χ1n) is 3.43. The Labute approximate surface area is 80.6 Å². The summed E-state index contributed by atoms with van der Waals surface area (Å²) in [6.45, 7) is 0. The highest BCUT2D eigenvalue weighted by Gasteiger charge is 2.39. The van der Waals surface area contributed by atoms with Gasteiger partial charge in [0.2, 0.25) is 0 Å². The lowest BCUT2D eigenvalue weighted by atomic mass is 10.0. The molecular weight excluding hydrogens is 200 g/mol. The van der Waals surface area contributed by atoms with Crippen LogP contribution in [0.1, 0.15) is 6.42 Å². The van der Waals surface area contributed by atoms with E-state index < -0.39 is 29.8 Å².